The number of imidazole rings is 1. The second-order valence-corrected chi connectivity index (χ2v) is 6.30. The summed E-state index contributed by atoms with van der Waals surface area (Å²) in [6, 6.07) is 15.4. The summed E-state index contributed by atoms with van der Waals surface area (Å²) in [4.78, 5) is 17.1. The van der Waals surface area contributed by atoms with Gasteiger partial charge in [0.1, 0.15) is 5.69 Å². The fraction of sp³-hybridized carbons (Fsp3) is 0.111. The maximum atomic E-state index is 12.8. The molecule has 0 spiro atoms. The van der Waals surface area contributed by atoms with Gasteiger partial charge < -0.3 is 5.32 Å². The zero-order valence-electron chi connectivity index (χ0n) is 14.0. The predicted octanol–water partition coefficient (Wildman–Crippen LogP) is 2.57. The van der Waals surface area contributed by atoms with Gasteiger partial charge in [-0.05, 0) is 30.5 Å². The van der Waals surface area contributed by atoms with Crippen LogP contribution in [0.15, 0.2) is 66.1 Å². The zero-order chi connectivity index (χ0) is 17.9. The first-order valence-corrected chi connectivity index (χ1v) is 9.24. The lowest BCUT2D eigenvalue weighted by Crippen LogP contribution is -2.26. The van der Waals surface area contributed by atoms with Gasteiger partial charge in [0.2, 0.25) is 0 Å². The van der Waals surface area contributed by atoms with E-state index in [2.05, 4.69) is 20.5 Å². The predicted molar refractivity (Wildman–Crippen MR) is 99.5 cm³/mol. The van der Waals surface area contributed by atoms with E-state index in [-0.39, 0.29) is 12.5 Å². The summed E-state index contributed by atoms with van der Waals surface area (Å²) in [7, 11) is 0. The molecule has 0 aliphatic heterocycles. The minimum absolute atomic E-state index is 0.214. The van der Waals surface area contributed by atoms with Crippen molar-refractivity contribution < 1.29 is 4.79 Å². The van der Waals surface area contributed by atoms with Crippen LogP contribution in [0.3, 0.4) is 0 Å². The molecule has 8 heteroatoms. The molecule has 0 radical (unpaired) electrons. The van der Waals surface area contributed by atoms with Gasteiger partial charge in [-0.25, -0.2) is 4.98 Å². The van der Waals surface area contributed by atoms with Crippen molar-refractivity contribution >= 4 is 23.3 Å². The van der Waals surface area contributed by atoms with Crippen molar-refractivity contribution in [1.29, 1.82) is 0 Å². The first-order chi connectivity index (χ1) is 12.8. The zero-order valence-corrected chi connectivity index (χ0v) is 14.8. The molecule has 26 heavy (non-hydrogen) atoms. The summed E-state index contributed by atoms with van der Waals surface area (Å²) in [6.07, 6.45) is 5.40. The fourth-order valence-electron chi connectivity index (χ4n) is 2.73. The molecule has 4 rings (SSSR count). The molecule has 0 fully saturated rings. The Morgan fingerprint density at radius 2 is 1.92 bits per heavy atom. The van der Waals surface area contributed by atoms with Gasteiger partial charge in [-0.3, -0.25) is 13.8 Å². The average Bonchev–Trinajstić information content (AvgIpc) is 3.31. The summed E-state index contributed by atoms with van der Waals surface area (Å²) in [5.41, 5.74) is 2.12. The molecule has 0 saturated carbocycles. The van der Waals surface area contributed by atoms with Crippen molar-refractivity contribution in [1.82, 2.24) is 29.5 Å². The van der Waals surface area contributed by atoms with Gasteiger partial charge in [0.25, 0.3) is 5.91 Å². The molecule has 1 amide bonds. The number of thioether (sulfide) groups is 1. The molecular formula is C18H16N6OS. The molecule has 0 unspecified atom stereocenters. The molecule has 1 N–H and O–H groups in total. The number of hydrogen-bond donors (Lipinski definition) is 1. The molecule has 3 heterocycles. The number of aromatic nitrogens is 5. The lowest BCUT2D eigenvalue weighted by Gasteiger charge is -2.11. The fourth-order valence-corrected chi connectivity index (χ4v) is 3.27. The lowest BCUT2D eigenvalue weighted by atomic mass is 10.3. The normalized spacial score (nSPS) is 11.0. The Morgan fingerprint density at radius 3 is 2.73 bits per heavy atom. The second-order valence-electron chi connectivity index (χ2n) is 5.53. The van der Waals surface area contributed by atoms with Crippen LogP contribution in [0, 0.1) is 0 Å². The third-order valence-electron chi connectivity index (χ3n) is 3.95. The minimum Gasteiger partial charge on any atom is -0.343 e. The smallest absolute Gasteiger partial charge is 0.270 e. The van der Waals surface area contributed by atoms with Crippen LogP contribution in [-0.4, -0.2) is 36.3 Å². The SMILES string of the molecule is CSc1ncc(C(=O)NCc2nnc3ccccn23)n1-c1ccccc1. The topological polar surface area (TPSA) is 77.1 Å². The molecule has 0 bridgehead atoms. The van der Waals surface area contributed by atoms with E-state index in [0.29, 0.717) is 11.5 Å². The first kappa shape index (κ1) is 16.3. The molecule has 0 aliphatic carbocycles. The largest absolute Gasteiger partial charge is 0.343 e. The highest BCUT2D eigenvalue weighted by Crippen LogP contribution is 2.21. The van der Waals surface area contributed by atoms with Gasteiger partial charge in [0, 0.05) is 11.9 Å². The van der Waals surface area contributed by atoms with E-state index in [1.54, 1.807) is 6.20 Å². The van der Waals surface area contributed by atoms with Gasteiger partial charge >= 0.3 is 0 Å². The van der Waals surface area contributed by atoms with Crippen molar-refractivity contribution in [2.45, 2.75) is 11.7 Å². The first-order valence-electron chi connectivity index (χ1n) is 8.02. The molecule has 4 aromatic rings. The van der Waals surface area contributed by atoms with E-state index in [1.165, 1.54) is 11.8 Å². The van der Waals surface area contributed by atoms with E-state index in [9.17, 15) is 4.79 Å². The number of amides is 1. The molecule has 0 aliphatic rings. The Bertz CT molecular complexity index is 1060. The monoisotopic (exact) mass is 364 g/mol. The van der Waals surface area contributed by atoms with Gasteiger partial charge in [-0.2, -0.15) is 0 Å². The number of benzene rings is 1. The van der Waals surface area contributed by atoms with Crippen molar-refractivity contribution in [2.75, 3.05) is 6.26 Å². The second kappa shape index (κ2) is 7.01. The molecule has 0 saturated heterocycles. The lowest BCUT2D eigenvalue weighted by molar-refractivity contribution is 0.0942. The van der Waals surface area contributed by atoms with Crippen LogP contribution < -0.4 is 5.32 Å². The quantitative estimate of drug-likeness (QED) is 0.551. The standard InChI is InChI=1S/C18H16N6OS/c1-26-18-20-11-14(24(18)13-7-3-2-4-8-13)17(25)19-12-16-22-21-15-9-5-6-10-23(15)16/h2-11H,12H2,1H3,(H,19,25). The molecular weight excluding hydrogens is 348 g/mol. The molecule has 0 atom stereocenters. The average molecular weight is 364 g/mol. The Hall–Kier alpha value is -3.13. The van der Waals surface area contributed by atoms with Gasteiger partial charge in [-0.15, -0.1) is 10.2 Å². The van der Waals surface area contributed by atoms with Crippen LogP contribution in [0.2, 0.25) is 0 Å². The van der Waals surface area contributed by atoms with Crippen LogP contribution in [0.1, 0.15) is 16.3 Å². The number of carbonyl (C=O) groups is 1. The Morgan fingerprint density at radius 1 is 1.12 bits per heavy atom. The van der Waals surface area contributed by atoms with E-state index >= 15 is 0 Å². The molecule has 3 aromatic heterocycles. The van der Waals surface area contributed by atoms with Crippen molar-refractivity contribution in [2.24, 2.45) is 0 Å². The highest BCUT2D eigenvalue weighted by atomic mass is 32.2. The highest BCUT2D eigenvalue weighted by Gasteiger charge is 2.18. The number of nitrogens with zero attached hydrogens (tertiary/aromatic N) is 5. The van der Waals surface area contributed by atoms with Gasteiger partial charge in [0.15, 0.2) is 16.6 Å². The van der Waals surface area contributed by atoms with E-state index in [4.69, 9.17) is 0 Å². The number of fused-ring (bicyclic) bond motifs is 1. The van der Waals surface area contributed by atoms with Crippen molar-refractivity contribution in [3.63, 3.8) is 0 Å². The van der Waals surface area contributed by atoms with E-state index in [0.717, 1.165) is 16.5 Å². The molecule has 1 aromatic carbocycles. The number of pyridine rings is 1. The van der Waals surface area contributed by atoms with Crippen LogP contribution >= 0.6 is 11.8 Å². The van der Waals surface area contributed by atoms with E-state index in [1.807, 2.05) is 70.0 Å². The van der Waals surface area contributed by atoms with Crippen LogP contribution in [0.25, 0.3) is 11.3 Å². The summed E-state index contributed by atoms with van der Waals surface area (Å²) in [5, 5.41) is 11.9. The third kappa shape index (κ3) is 2.95. The van der Waals surface area contributed by atoms with Crippen molar-refractivity contribution in [3.8, 4) is 5.69 Å². The number of para-hydroxylation sites is 1. The van der Waals surface area contributed by atoms with Crippen molar-refractivity contribution in [3.05, 3.63) is 72.4 Å². The number of hydrogen-bond acceptors (Lipinski definition) is 5. The maximum Gasteiger partial charge on any atom is 0.270 e. The molecule has 130 valence electrons. The van der Waals surface area contributed by atoms with Crippen LogP contribution in [0.4, 0.5) is 0 Å². The van der Waals surface area contributed by atoms with Crippen LogP contribution in [-0.2, 0) is 6.54 Å². The summed E-state index contributed by atoms with van der Waals surface area (Å²) in [5.74, 6) is 0.458. The Kier molecular flexibility index (Phi) is 4.40. The number of rotatable bonds is 5. The minimum atomic E-state index is -0.214. The van der Waals surface area contributed by atoms with Gasteiger partial charge in [-0.1, -0.05) is 36.0 Å². The third-order valence-corrected chi connectivity index (χ3v) is 4.60. The van der Waals surface area contributed by atoms with Crippen LogP contribution in [0.5, 0.6) is 0 Å². The maximum absolute atomic E-state index is 12.8. The summed E-state index contributed by atoms with van der Waals surface area (Å²) >= 11 is 1.49. The Balaban J connectivity index is 1.60. The number of nitrogens with one attached hydrogen (secondary N) is 1. The Labute approximate surface area is 154 Å². The van der Waals surface area contributed by atoms with E-state index < -0.39 is 0 Å². The summed E-state index contributed by atoms with van der Waals surface area (Å²) < 4.78 is 3.70. The van der Waals surface area contributed by atoms with Gasteiger partial charge in [0.05, 0.1) is 12.7 Å². The number of carbonyl (C=O) groups excluding carboxylic acids is 1. The highest BCUT2D eigenvalue weighted by molar-refractivity contribution is 7.98. The summed E-state index contributed by atoms with van der Waals surface area (Å²) in [6.45, 7) is 0.276. The molecule has 7 nitrogen and oxygen atoms in total.